The summed E-state index contributed by atoms with van der Waals surface area (Å²) in [4.78, 5) is 0. The Labute approximate surface area is 59.1 Å². The molecule has 0 aromatic rings. The van der Waals surface area contributed by atoms with E-state index in [-0.39, 0.29) is 0 Å². The van der Waals surface area contributed by atoms with E-state index in [1.165, 1.54) is 6.08 Å². The van der Waals surface area contributed by atoms with Crippen molar-refractivity contribution in [3.05, 3.63) is 23.8 Å². The third kappa shape index (κ3) is 1.72. The average molecular weight is 142 g/mol. The largest absolute Gasteiger partial charge is 0.243 e. The zero-order valence-electron chi connectivity index (χ0n) is 4.88. The number of thiocarbonyl (C=S) groups is 1. The maximum atomic E-state index is 12.3. The van der Waals surface area contributed by atoms with Crippen molar-refractivity contribution in [2.24, 2.45) is 0 Å². The van der Waals surface area contributed by atoms with Gasteiger partial charge in [0, 0.05) is 11.8 Å². The molecule has 0 radical (unpaired) electrons. The minimum absolute atomic E-state index is 0.471. The molecule has 1 rings (SSSR count). The fourth-order valence-electron chi connectivity index (χ4n) is 0.698. The first kappa shape index (κ1) is 6.62. The Morgan fingerprint density at radius 3 is 3.00 bits per heavy atom. The quantitative estimate of drug-likeness (QED) is 0.506. The zero-order valence-corrected chi connectivity index (χ0v) is 5.70. The number of rotatable bonds is 1. The fraction of sp³-hybridized carbons (Fsp3) is 0.286. The molecule has 0 saturated heterocycles. The molecular formula is C7H7FS. The van der Waals surface area contributed by atoms with E-state index < -0.39 is 6.17 Å². The van der Waals surface area contributed by atoms with Crippen LogP contribution in [0.15, 0.2) is 23.8 Å². The van der Waals surface area contributed by atoms with E-state index in [4.69, 9.17) is 0 Å². The molecule has 0 aliphatic heterocycles. The smallest absolute Gasteiger partial charge is 0.122 e. The second-order valence-electron chi connectivity index (χ2n) is 1.93. The third-order valence-electron chi connectivity index (χ3n) is 1.21. The highest BCUT2D eigenvalue weighted by Gasteiger charge is 2.03. The van der Waals surface area contributed by atoms with Crippen LogP contribution in [0.4, 0.5) is 4.39 Å². The first-order valence-corrected chi connectivity index (χ1v) is 3.27. The Kier molecular flexibility index (Phi) is 2.11. The number of hydrogen-bond donors (Lipinski definition) is 0. The van der Waals surface area contributed by atoms with Crippen LogP contribution in [0.5, 0.6) is 0 Å². The van der Waals surface area contributed by atoms with Crippen molar-refractivity contribution >= 4 is 17.6 Å². The van der Waals surface area contributed by atoms with Crippen LogP contribution in [-0.4, -0.2) is 11.5 Å². The van der Waals surface area contributed by atoms with Crippen molar-refractivity contribution < 1.29 is 4.39 Å². The van der Waals surface area contributed by atoms with Gasteiger partial charge in [-0.25, -0.2) is 4.39 Å². The van der Waals surface area contributed by atoms with E-state index in [0.717, 1.165) is 5.57 Å². The number of hydrogen-bond acceptors (Lipinski definition) is 1. The van der Waals surface area contributed by atoms with Gasteiger partial charge >= 0.3 is 0 Å². The van der Waals surface area contributed by atoms with Crippen molar-refractivity contribution in [2.75, 3.05) is 0 Å². The molecule has 0 amide bonds. The minimum atomic E-state index is -0.802. The van der Waals surface area contributed by atoms with E-state index in [9.17, 15) is 4.39 Å². The molecule has 0 heterocycles. The first-order chi connectivity index (χ1) is 4.33. The Balaban J connectivity index is 2.62. The van der Waals surface area contributed by atoms with Gasteiger partial charge in [0.05, 0.1) is 0 Å². The highest BCUT2D eigenvalue weighted by atomic mass is 32.1. The number of alkyl halides is 1. The lowest BCUT2D eigenvalue weighted by Crippen LogP contribution is -1.98. The summed E-state index contributed by atoms with van der Waals surface area (Å²) >= 11 is 4.64. The molecular weight excluding hydrogens is 135 g/mol. The van der Waals surface area contributed by atoms with Gasteiger partial charge in [0.15, 0.2) is 0 Å². The van der Waals surface area contributed by atoms with Gasteiger partial charge in [0.25, 0.3) is 0 Å². The summed E-state index contributed by atoms with van der Waals surface area (Å²) in [7, 11) is 0. The van der Waals surface area contributed by atoms with E-state index in [1.54, 1.807) is 17.5 Å². The molecule has 0 saturated carbocycles. The molecule has 2 heteroatoms. The number of halogens is 1. The van der Waals surface area contributed by atoms with Gasteiger partial charge in [0.2, 0.25) is 0 Å². The predicted molar refractivity (Wildman–Crippen MR) is 40.4 cm³/mol. The SMILES string of the molecule is FC1C=CC(C=S)=CC1. The van der Waals surface area contributed by atoms with Crippen molar-refractivity contribution in [3.8, 4) is 0 Å². The number of allylic oxidation sites excluding steroid dienone is 4. The van der Waals surface area contributed by atoms with Gasteiger partial charge in [0.1, 0.15) is 6.17 Å². The lowest BCUT2D eigenvalue weighted by Gasteiger charge is -2.03. The average Bonchev–Trinajstić information content (AvgIpc) is 1.90. The van der Waals surface area contributed by atoms with Crippen LogP contribution in [0.1, 0.15) is 6.42 Å². The summed E-state index contributed by atoms with van der Waals surface area (Å²) in [5.41, 5.74) is 0.943. The van der Waals surface area contributed by atoms with Gasteiger partial charge in [-0.15, -0.1) is 0 Å². The van der Waals surface area contributed by atoms with E-state index >= 15 is 0 Å². The molecule has 0 fully saturated rings. The van der Waals surface area contributed by atoms with Gasteiger partial charge in [-0.3, -0.25) is 0 Å². The molecule has 1 atom stereocenters. The molecule has 9 heavy (non-hydrogen) atoms. The van der Waals surface area contributed by atoms with Gasteiger partial charge in [-0.1, -0.05) is 24.4 Å². The van der Waals surface area contributed by atoms with Crippen molar-refractivity contribution in [1.82, 2.24) is 0 Å². The summed E-state index contributed by atoms with van der Waals surface area (Å²) in [6.07, 6.45) is 4.71. The third-order valence-corrected chi connectivity index (χ3v) is 1.48. The summed E-state index contributed by atoms with van der Waals surface area (Å²) in [5.74, 6) is 0. The monoisotopic (exact) mass is 142 g/mol. The molecule has 1 aliphatic rings. The van der Waals surface area contributed by atoms with Crippen molar-refractivity contribution in [2.45, 2.75) is 12.6 Å². The Morgan fingerprint density at radius 1 is 1.78 bits per heavy atom. The second kappa shape index (κ2) is 2.87. The molecule has 0 bridgehead atoms. The van der Waals surface area contributed by atoms with Crippen LogP contribution in [0.25, 0.3) is 0 Å². The van der Waals surface area contributed by atoms with Crippen LogP contribution < -0.4 is 0 Å². The fourth-order valence-corrected chi connectivity index (χ4v) is 0.873. The Bertz CT molecular complexity index is 170. The summed E-state index contributed by atoms with van der Waals surface area (Å²) in [5, 5.41) is 1.56. The van der Waals surface area contributed by atoms with Crippen molar-refractivity contribution in [1.29, 1.82) is 0 Å². The summed E-state index contributed by atoms with van der Waals surface area (Å²) in [6.45, 7) is 0. The summed E-state index contributed by atoms with van der Waals surface area (Å²) in [6, 6.07) is 0. The molecule has 0 nitrogen and oxygen atoms in total. The van der Waals surface area contributed by atoms with Crippen LogP contribution in [0.2, 0.25) is 0 Å². The van der Waals surface area contributed by atoms with Crippen molar-refractivity contribution in [3.63, 3.8) is 0 Å². The van der Waals surface area contributed by atoms with Crippen LogP contribution in [0, 0.1) is 0 Å². The molecule has 0 N–H and O–H groups in total. The Morgan fingerprint density at radius 2 is 2.56 bits per heavy atom. The van der Waals surface area contributed by atoms with Gasteiger partial charge in [-0.05, 0) is 11.6 Å². The second-order valence-corrected chi connectivity index (χ2v) is 2.17. The molecule has 48 valence electrons. The molecule has 1 unspecified atom stereocenters. The molecule has 0 spiro atoms. The standard InChI is InChI=1S/C7H7FS/c8-7-3-1-6(5-9)2-4-7/h1-3,5,7H,4H2. The molecule has 0 aromatic heterocycles. The summed E-state index contributed by atoms with van der Waals surface area (Å²) < 4.78 is 12.3. The van der Waals surface area contributed by atoms with E-state index in [2.05, 4.69) is 12.2 Å². The highest BCUT2D eigenvalue weighted by molar-refractivity contribution is 7.79. The predicted octanol–water partition coefficient (Wildman–Crippen LogP) is 2.21. The molecule has 1 aliphatic carbocycles. The first-order valence-electron chi connectivity index (χ1n) is 2.80. The normalized spacial score (nSPS) is 25.4. The zero-order chi connectivity index (χ0) is 6.69. The van der Waals surface area contributed by atoms with Crippen LogP contribution in [-0.2, 0) is 0 Å². The Hall–Kier alpha value is -0.500. The van der Waals surface area contributed by atoms with E-state index in [1.807, 2.05) is 0 Å². The van der Waals surface area contributed by atoms with Gasteiger partial charge in [-0.2, -0.15) is 0 Å². The lowest BCUT2D eigenvalue weighted by molar-refractivity contribution is 0.401. The van der Waals surface area contributed by atoms with Crippen LogP contribution >= 0.6 is 12.2 Å². The maximum absolute atomic E-state index is 12.3. The topological polar surface area (TPSA) is 0 Å². The highest BCUT2D eigenvalue weighted by Crippen LogP contribution is 2.11. The van der Waals surface area contributed by atoms with Gasteiger partial charge < -0.3 is 0 Å². The van der Waals surface area contributed by atoms with E-state index in [0.29, 0.717) is 6.42 Å². The molecule has 0 aromatic carbocycles. The maximum Gasteiger partial charge on any atom is 0.122 e. The lowest BCUT2D eigenvalue weighted by atomic mass is 10.1. The van der Waals surface area contributed by atoms with Crippen LogP contribution in [0.3, 0.4) is 0 Å². The minimum Gasteiger partial charge on any atom is -0.243 e.